The number of allylic oxidation sites excluding steroid dienone is 1. The number of thiophene rings is 1. The van der Waals surface area contributed by atoms with Crippen molar-refractivity contribution >= 4 is 88.7 Å². The van der Waals surface area contributed by atoms with E-state index in [1.807, 2.05) is 107 Å². The Morgan fingerprint density at radius 3 is 2.30 bits per heavy atom. The Labute approximate surface area is 519 Å². The largest absolute Gasteiger partial charge is 0.460 e. The summed E-state index contributed by atoms with van der Waals surface area (Å²) in [5.74, 6) is 0.145. The molecule has 23 heteroatoms. The number of methoxy groups -OCH3 is 1. The summed E-state index contributed by atoms with van der Waals surface area (Å²) in [5, 5.41) is 1.68. The third-order valence-electron chi connectivity index (χ3n) is 17.7. The van der Waals surface area contributed by atoms with E-state index in [9.17, 15) is 32.4 Å². The second kappa shape index (κ2) is 25.9. The van der Waals surface area contributed by atoms with Gasteiger partial charge in [0.15, 0.2) is 22.9 Å². The van der Waals surface area contributed by atoms with Crippen LogP contribution < -0.4 is 16.1 Å². The Balaban J connectivity index is 0.000000134. The number of nitrogens with zero attached hydrogens (tertiary/aromatic N) is 5. The number of Topliss-reactive ketones (excluding diaryl/α,β-unsaturated/α-hetero) is 2. The number of aromatic amines is 1. The lowest BCUT2D eigenvalue weighted by atomic mass is 9.54. The van der Waals surface area contributed by atoms with Gasteiger partial charge in [0.05, 0.1) is 47.1 Å². The normalized spacial score (nSPS) is 22.5. The Morgan fingerprint density at radius 2 is 1.61 bits per heavy atom. The Morgan fingerprint density at radius 1 is 0.876 bits per heavy atom. The van der Waals surface area contributed by atoms with E-state index in [0.29, 0.717) is 97.4 Å². The number of fused-ring (bicyclic) bond motifs is 6. The molecule has 5 atom stereocenters. The van der Waals surface area contributed by atoms with Crippen molar-refractivity contribution < 1.29 is 60.1 Å². The highest BCUT2D eigenvalue weighted by molar-refractivity contribution is 7.88. The van der Waals surface area contributed by atoms with Crippen molar-refractivity contribution in [2.45, 2.75) is 78.0 Å². The van der Waals surface area contributed by atoms with Crippen molar-refractivity contribution in [2.75, 3.05) is 96.3 Å². The van der Waals surface area contributed by atoms with Gasteiger partial charge in [0, 0.05) is 148 Å². The van der Waals surface area contributed by atoms with Crippen molar-refractivity contribution in [2.24, 2.45) is 11.3 Å². The average molecular weight is 1250 g/mol. The maximum absolute atomic E-state index is 13.7. The van der Waals surface area contributed by atoms with E-state index in [-0.39, 0.29) is 47.3 Å². The summed E-state index contributed by atoms with van der Waals surface area (Å²) in [7, 11) is -1.62. The molecule has 6 aliphatic rings. The van der Waals surface area contributed by atoms with Gasteiger partial charge in [-0.05, 0) is 62.6 Å². The summed E-state index contributed by atoms with van der Waals surface area (Å²) < 4.78 is 64.6. The van der Waals surface area contributed by atoms with E-state index < -0.39 is 45.0 Å². The standard InChI is InChI=1S/C23H24O8.C20H22N6O2S2.C19H17NO3.C4H10O/c1-10(24)30-13-7-22(2)12(5-6-14(22)25)16-18(13)23(3)15(9-28-4)31-21(27)11-8-29-20(17(11)23)19(16)26;1-30(27,28)26-9-7-25(8-10-26)12-13-11-17-18(29-13)19(21)24-20(23-17)15-3-2-4-16-14(15)5-6-22-16;21-17-13-18(20-9-11-22-12-10-20)23-19-15(7-4-8-16(17)19)14-5-2-1-3-6-14;1-3-5-4-2/h8,12-13,15H,5-7,9H2,1-4H3;2-6,11,22H,7-10,12H2,1H3,(H2,21,23,24);1-8,13H,9-12H2;3-4H2,1-2H3/t12-,13+,15+,22-,23-;;;/m0.../s1. The van der Waals surface area contributed by atoms with Gasteiger partial charge in [-0.25, -0.2) is 23.2 Å². The highest BCUT2D eigenvalue weighted by atomic mass is 32.2. The summed E-state index contributed by atoms with van der Waals surface area (Å²) in [6.45, 7) is 16.8. The molecule has 468 valence electrons. The molecule has 3 N–H and O–H groups in total. The van der Waals surface area contributed by atoms with Gasteiger partial charge >= 0.3 is 11.9 Å². The highest BCUT2D eigenvalue weighted by Gasteiger charge is 2.64. The maximum atomic E-state index is 13.7. The van der Waals surface area contributed by atoms with Gasteiger partial charge in [-0.1, -0.05) is 61.5 Å². The van der Waals surface area contributed by atoms with Crippen LogP contribution in [0.3, 0.4) is 0 Å². The molecule has 0 amide bonds. The fraction of sp³-hybridized carbons (Fsp3) is 0.409. The van der Waals surface area contributed by atoms with E-state index >= 15 is 0 Å². The number of piperazine rings is 1. The number of esters is 2. The number of morpholine rings is 1. The molecule has 14 rings (SSSR count). The first kappa shape index (κ1) is 62.7. The SMILES string of the molecule is CCOCC.COC[C@H]1OC(=O)c2coc3c2[C@@]1(C)C1=C(C3=O)[C@@H]2CCC(=O)[C@@]2(C)C[C@H]1OC(C)=O.CS(=O)(=O)N1CCN(Cc2cc3nc(-c4cccc5[nH]ccc45)nc(N)c3s2)CC1.O=c1cc(N2CCOCC2)oc2c(-c3ccccc3)cccc12. The van der Waals surface area contributed by atoms with Crippen molar-refractivity contribution in [1.29, 1.82) is 0 Å². The van der Waals surface area contributed by atoms with Gasteiger partial charge in [-0.15, -0.1) is 11.3 Å². The molecule has 3 aliphatic heterocycles. The fourth-order valence-corrected chi connectivity index (χ4v) is 15.2. The van der Waals surface area contributed by atoms with Crippen LogP contribution in [-0.2, 0) is 55.3 Å². The van der Waals surface area contributed by atoms with Gasteiger partial charge in [0.25, 0.3) is 0 Å². The molecule has 1 saturated carbocycles. The molecule has 3 aromatic carbocycles. The number of rotatable bonds is 11. The van der Waals surface area contributed by atoms with Crippen LogP contribution in [-0.4, -0.2) is 154 Å². The van der Waals surface area contributed by atoms with Gasteiger partial charge < -0.3 is 48.1 Å². The van der Waals surface area contributed by atoms with Crippen LogP contribution in [0.4, 0.5) is 11.7 Å². The number of furan rings is 1. The van der Waals surface area contributed by atoms with Crippen LogP contribution in [0.2, 0.25) is 0 Å². The summed E-state index contributed by atoms with van der Waals surface area (Å²) in [5.41, 5.74) is 11.7. The Hall–Kier alpha value is -7.90. The highest BCUT2D eigenvalue weighted by Crippen LogP contribution is 2.61. The number of nitrogens with two attached hydrogens (primary N) is 1. The summed E-state index contributed by atoms with van der Waals surface area (Å²) in [4.78, 5) is 81.8. The number of nitrogens with one attached hydrogen (secondary N) is 1. The van der Waals surface area contributed by atoms with E-state index in [1.54, 1.807) is 17.4 Å². The van der Waals surface area contributed by atoms with Crippen LogP contribution in [0.15, 0.2) is 122 Å². The molecule has 0 radical (unpaired) electrons. The molecule has 0 bridgehead atoms. The first-order valence-electron chi connectivity index (χ1n) is 29.9. The number of nitrogen functional groups attached to an aromatic ring is 1. The minimum absolute atomic E-state index is 0.00878. The van der Waals surface area contributed by atoms with Gasteiger partial charge in [0.1, 0.15) is 41.2 Å². The van der Waals surface area contributed by atoms with Gasteiger partial charge in [-0.2, -0.15) is 4.31 Å². The molecule has 89 heavy (non-hydrogen) atoms. The molecular formula is C66H73N7O14S2. The van der Waals surface area contributed by atoms with E-state index in [4.69, 9.17) is 43.2 Å². The lowest BCUT2D eigenvalue weighted by Gasteiger charge is -2.51. The quantitative estimate of drug-likeness (QED) is 0.114. The number of benzene rings is 3. The Bertz CT molecular complexity index is 4200. The second-order valence-corrected chi connectivity index (χ2v) is 26.3. The van der Waals surface area contributed by atoms with Gasteiger partial charge in [-0.3, -0.25) is 24.1 Å². The lowest BCUT2D eigenvalue weighted by molar-refractivity contribution is -0.149. The predicted octanol–water partition coefficient (Wildman–Crippen LogP) is 9.37. The number of carbonyl (C=O) groups excluding carboxylic acids is 4. The van der Waals surface area contributed by atoms with Crippen LogP contribution in [0.1, 0.15) is 85.2 Å². The number of hydrogen-bond donors (Lipinski definition) is 2. The average Bonchev–Trinajstić information content (AvgIpc) is 1.68. The minimum atomic E-state index is -3.12. The molecule has 0 unspecified atom stereocenters. The third-order valence-corrected chi connectivity index (χ3v) is 20.2. The number of carbonyl (C=O) groups is 4. The van der Waals surface area contributed by atoms with Crippen molar-refractivity contribution in [1.82, 2.24) is 24.2 Å². The number of hydrogen-bond acceptors (Lipinski definition) is 20. The van der Waals surface area contributed by atoms with Crippen molar-refractivity contribution in [3.8, 4) is 22.5 Å². The number of ketones is 2. The van der Waals surface area contributed by atoms with Crippen molar-refractivity contribution in [3.63, 3.8) is 0 Å². The second-order valence-electron chi connectivity index (χ2n) is 23.2. The first-order chi connectivity index (χ1) is 42.8. The number of cyclic esters (lactones) is 1. The van der Waals surface area contributed by atoms with Crippen LogP contribution in [0, 0.1) is 11.3 Å². The van der Waals surface area contributed by atoms with Crippen LogP contribution >= 0.6 is 11.3 Å². The lowest BCUT2D eigenvalue weighted by Crippen LogP contribution is -2.57. The smallest absolute Gasteiger partial charge is 0.342 e. The monoisotopic (exact) mass is 1250 g/mol. The number of H-pyrrole nitrogens is 1. The molecule has 8 heterocycles. The van der Waals surface area contributed by atoms with Gasteiger partial charge in [0.2, 0.25) is 15.8 Å². The number of sulfonamides is 1. The Kier molecular flexibility index (Phi) is 18.2. The molecule has 3 aliphatic carbocycles. The van der Waals surface area contributed by atoms with Crippen LogP contribution in [0.5, 0.6) is 0 Å². The number of para-hydroxylation sites is 1. The molecule has 0 spiro atoms. The predicted molar refractivity (Wildman–Crippen MR) is 338 cm³/mol. The molecule has 21 nitrogen and oxygen atoms in total. The van der Waals surface area contributed by atoms with E-state index in [2.05, 4.69) is 25.8 Å². The molecule has 5 aromatic heterocycles. The molecule has 2 saturated heterocycles. The maximum Gasteiger partial charge on any atom is 0.342 e. The number of aromatic nitrogens is 3. The zero-order chi connectivity index (χ0) is 62.9. The van der Waals surface area contributed by atoms with Crippen LogP contribution in [0.25, 0.3) is 54.6 Å². The number of anilines is 2. The molecule has 8 aromatic rings. The zero-order valence-corrected chi connectivity index (χ0v) is 52.6. The number of ether oxygens (including phenoxy) is 5. The van der Waals surface area contributed by atoms with E-state index in [1.165, 1.54) is 30.9 Å². The third kappa shape index (κ3) is 12.2. The van der Waals surface area contributed by atoms with Crippen molar-refractivity contribution in [3.05, 3.63) is 141 Å². The topological polar surface area (TPSA) is 269 Å². The molecular weight excluding hydrogens is 1180 g/mol. The fourth-order valence-electron chi connectivity index (χ4n) is 13.4. The summed E-state index contributed by atoms with van der Waals surface area (Å²) in [6, 6.07) is 27.4. The zero-order valence-electron chi connectivity index (χ0n) is 50.9. The summed E-state index contributed by atoms with van der Waals surface area (Å²) in [6.07, 6.45) is 4.08. The minimum Gasteiger partial charge on any atom is -0.460 e. The molecule has 3 fully saturated rings. The summed E-state index contributed by atoms with van der Waals surface area (Å²) >= 11 is 1.60. The first-order valence-corrected chi connectivity index (χ1v) is 32.6. The van der Waals surface area contributed by atoms with E-state index in [0.717, 1.165) is 75.5 Å².